The largest absolute Gasteiger partial charge is 0.495 e. The molecule has 1 aromatic rings. The Hall–Kier alpha value is -0.770. The van der Waals surface area contributed by atoms with Crippen LogP contribution in [0, 0.1) is 0 Å². The fourth-order valence-corrected chi connectivity index (χ4v) is 1.92. The molecule has 0 aliphatic heterocycles. The molecule has 0 heterocycles. The molecule has 94 valence electrons. The van der Waals surface area contributed by atoms with Crippen molar-refractivity contribution in [3.05, 3.63) is 28.8 Å². The number of aliphatic hydroxyl groups is 1. The lowest BCUT2D eigenvalue weighted by Gasteiger charge is -2.25. The molecule has 2 rings (SSSR count). The highest BCUT2D eigenvalue weighted by Gasteiger charge is 2.28. The van der Waals surface area contributed by atoms with Gasteiger partial charge in [0.2, 0.25) is 0 Å². The second kappa shape index (κ2) is 4.84. The predicted octanol–water partition coefficient (Wildman–Crippen LogP) is 2.31. The van der Waals surface area contributed by atoms with Crippen LogP contribution in [0.5, 0.6) is 5.75 Å². The Bertz CT molecular complexity index is 402. The number of halogens is 1. The van der Waals surface area contributed by atoms with E-state index in [1.807, 2.05) is 6.07 Å². The molecule has 2 N–H and O–H groups in total. The standard InChI is InChI=1S/C13H18ClNO2/c1-13(16,8-15-10-4-5-10)9-3-6-11(14)12(7-9)17-2/h3,6-7,10,15-16H,4-5,8H2,1-2H3. The lowest BCUT2D eigenvalue weighted by Crippen LogP contribution is -2.36. The van der Waals surface area contributed by atoms with Crippen molar-refractivity contribution in [2.75, 3.05) is 13.7 Å². The summed E-state index contributed by atoms with van der Waals surface area (Å²) in [6.07, 6.45) is 2.42. The average molecular weight is 256 g/mol. The van der Waals surface area contributed by atoms with Crippen LogP contribution in [0.15, 0.2) is 18.2 Å². The van der Waals surface area contributed by atoms with E-state index >= 15 is 0 Å². The zero-order valence-corrected chi connectivity index (χ0v) is 10.9. The van der Waals surface area contributed by atoms with Crippen LogP contribution in [0.1, 0.15) is 25.3 Å². The third-order valence-electron chi connectivity index (χ3n) is 3.09. The minimum absolute atomic E-state index is 0.544. The van der Waals surface area contributed by atoms with E-state index in [2.05, 4.69) is 5.32 Å². The maximum Gasteiger partial charge on any atom is 0.137 e. The van der Waals surface area contributed by atoms with E-state index in [1.165, 1.54) is 12.8 Å². The molecule has 1 unspecified atom stereocenters. The van der Waals surface area contributed by atoms with Crippen molar-refractivity contribution in [1.82, 2.24) is 5.32 Å². The summed E-state index contributed by atoms with van der Waals surface area (Å²) in [4.78, 5) is 0. The van der Waals surface area contributed by atoms with Gasteiger partial charge >= 0.3 is 0 Å². The van der Waals surface area contributed by atoms with Crippen molar-refractivity contribution in [3.63, 3.8) is 0 Å². The zero-order valence-electron chi connectivity index (χ0n) is 10.2. The van der Waals surface area contributed by atoms with Gasteiger partial charge < -0.3 is 15.2 Å². The van der Waals surface area contributed by atoms with E-state index in [0.29, 0.717) is 23.4 Å². The van der Waals surface area contributed by atoms with E-state index in [1.54, 1.807) is 26.2 Å². The van der Waals surface area contributed by atoms with Crippen LogP contribution in [0.3, 0.4) is 0 Å². The van der Waals surface area contributed by atoms with Gasteiger partial charge in [-0.15, -0.1) is 0 Å². The molecule has 17 heavy (non-hydrogen) atoms. The molecule has 4 heteroatoms. The van der Waals surface area contributed by atoms with Crippen LogP contribution in [0.25, 0.3) is 0 Å². The maximum absolute atomic E-state index is 10.4. The van der Waals surface area contributed by atoms with Gasteiger partial charge in [-0.05, 0) is 37.5 Å². The first kappa shape index (κ1) is 12.7. The Kier molecular flexibility index (Phi) is 3.61. The maximum atomic E-state index is 10.4. The SMILES string of the molecule is COc1cc(C(C)(O)CNC2CC2)ccc1Cl. The first-order valence-corrected chi connectivity index (χ1v) is 6.20. The van der Waals surface area contributed by atoms with Crippen LogP contribution in [0.4, 0.5) is 0 Å². The lowest BCUT2D eigenvalue weighted by molar-refractivity contribution is 0.0564. The molecule has 1 saturated carbocycles. The molecule has 0 amide bonds. The summed E-state index contributed by atoms with van der Waals surface area (Å²) < 4.78 is 5.16. The van der Waals surface area contributed by atoms with Gasteiger partial charge in [0.15, 0.2) is 0 Å². The van der Waals surface area contributed by atoms with Crippen LogP contribution in [-0.2, 0) is 5.60 Å². The molecule has 0 spiro atoms. The Morgan fingerprint density at radius 1 is 1.53 bits per heavy atom. The van der Waals surface area contributed by atoms with E-state index in [-0.39, 0.29) is 0 Å². The van der Waals surface area contributed by atoms with Crippen LogP contribution < -0.4 is 10.1 Å². The van der Waals surface area contributed by atoms with Gasteiger partial charge in [-0.25, -0.2) is 0 Å². The van der Waals surface area contributed by atoms with Crippen LogP contribution in [-0.4, -0.2) is 24.8 Å². The fourth-order valence-electron chi connectivity index (χ4n) is 1.73. The van der Waals surface area contributed by atoms with Gasteiger partial charge in [-0.2, -0.15) is 0 Å². The molecule has 1 aliphatic carbocycles. The summed E-state index contributed by atoms with van der Waals surface area (Å²) in [6.45, 7) is 2.34. The van der Waals surface area contributed by atoms with Gasteiger partial charge in [0.05, 0.1) is 17.7 Å². The summed E-state index contributed by atoms with van der Waals surface area (Å²) in [5.41, 5.74) is -0.0904. The van der Waals surface area contributed by atoms with E-state index < -0.39 is 5.60 Å². The number of nitrogens with one attached hydrogen (secondary N) is 1. The van der Waals surface area contributed by atoms with Gasteiger partial charge in [0.1, 0.15) is 5.75 Å². The Labute approximate surface area is 107 Å². The predicted molar refractivity (Wildman–Crippen MR) is 68.6 cm³/mol. The molecule has 1 aromatic carbocycles. The van der Waals surface area contributed by atoms with Gasteiger partial charge in [0, 0.05) is 12.6 Å². The summed E-state index contributed by atoms with van der Waals surface area (Å²) in [5, 5.41) is 14.3. The summed E-state index contributed by atoms with van der Waals surface area (Å²) in [6, 6.07) is 5.95. The van der Waals surface area contributed by atoms with Gasteiger partial charge in [-0.3, -0.25) is 0 Å². The van der Waals surface area contributed by atoms with Crippen molar-refractivity contribution in [1.29, 1.82) is 0 Å². The quantitative estimate of drug-likeness (QED) is 0.849. The second-order valence-corrected chi connectivity index (χ2v) is 5.19. The molecule has 1 fully saturated rings. The number of ether oxygens (including phenoxy) is 1. The monoisotopic (exact) mass is 255 g/mol. The van der Waals surface area contributed by atoms with Crippen LogP contribution >= 0.6 is 11.6 Å². The normalized spacial score (nSPS) is 18.8. The minimum atomic E-state index is -0.902. The molecular weight excluding hydrogens is 238 g/mol. The third kappa shape index (κ3) is 3.12. The molecule has 0 bridgehead atoms. The zero-order chi connectivity index (χ0) is 12.5. The Morgan fingerprint density at radius 3 is 2.82 bits per heavy atom. The molecule has 0 aromatic heterocycles. The molecule has 0 radical (unpaired) electrons. The van der Waals surface area contributed by atoms with E-state index in [4.69, 9.17) is 16.3 Å². The fraction of sp³-hybridized carbons (Fsp3) is 0.538. The van der Waals surface area contributed by atoms with Gasteiger partial charge in [-0.1, -0.05) is 17.7 Å². The summed E-state index contributed by atoms with van der Waals surface area (Å²) in [7, 11) is 1.57. The Morgan fingerprint density at radius 2 is 2.24 bits per heavy atom. The summed E-state index contributed by atoms with van der Waals surface area (Å²) in [5.74, 6) is 0.593. The summed E-state index contributed by atoms with van der Waals surface area (Å²) >= 11 is 5.96. The smallest absolute Gasteiger partial charge is 0.137 e. The number of rotatable bonds is 5. The Balaban J connectivity index is 2.12. The third-order valence-corrected chi connectivity index (χ3v) is 3.40. The van der Waals surface area contributed by atoms with Crippen molar-refractivity contribution in [3.8, 4) is 5.75 Å². The second-order valence-electron chi connectivity index (χ2n) is 4.78. The topological polar surface area (TPSA) is 41.5 Å². The number of benzene rings is 1. The molecule has 3 nitrogen and oxygen atoms in total. The highest BCUT2D eigenvalue weighted by molar-refractivity contribution is 6.32. The molecule has 0 saturated heterocycles. The lowest BCUT2D eigenvalue weighted by atomic mass is 9.95. The molecule has 1 atom stereocenters. The van der Waals surface area contributed by atoms with Crippen molar-refractivity contribution >= 4 is 11.6 Å². The molecular formula is C13H18ClNO2. The van der Waals surface area contributed by atoms with Gasteiger partial charge in [0.25, 0.3) is 0 Å². The molecule has 1 aliphatic rings. The van der Waals surface area contributed by atoms with Crippen molar-refractivity contribution < 1.29 is 9.84 Å². The highest BCUT2D eigenvalue weighted by atomic mass is 35.5. The number of hydrogen-bond donors (Lipinski definition) is 2. The first-order chi connectivity index (χ1) is 8.03. The number of methoxy groups -OCH3 is 1. The van der Waals surface area contributed by atoms with E-state index in [9.17, 15) is 5.11 Å². The van der Waals surface area contributed by atoms with E-state index in [0.717, 1.165) is 5.56 Å². The van der Waals surface area contributed by atoms with Crippen molar-refractivity contribution in [2.45, 2.75) is 31.4 Å². The van der Waals surface area contributed by atoms with Crippen molar-refractivity contribution in [2.24, 2.45) is 0 Å². The minimum Gasteiger partial charge on any atom is -0.495 e. The average Bonchev–Trinajstić information content (AvgIpc) is 3.10. The van der Waals surface area contributed by atoms with Crippen LogP contribution in [0.2, 0.25) is 5.02 Å². The number of hydrogen-bond acceptors (Lipinski definition) is 3. The highest BCUT2D eigenvalue weighted by Crippen LogP contribution is 2.30. The first-order valence-electron chi connectivity index (χ1n) is 5.83.